The summed E-state index contributed by atoms with van der Waals surface area (Å²) in [7, 11) is 0. The van der Waals surface area contributed by atoms with Crippen molar-refractivity contribution in [3.05, 3.63) is 35.6 Å². The number of benzene rings is 1. The molecule has 0 saturated heterocycles. The van der Waals surface area contributed by atoms with E-state index in [0.29, 0.717) is 18.2 Å². The van der Waals surface area contributed by atoms with Crippen LogP contribution < -0.4 is 5.32 Å². The molecule has 1 aromatic rings. The normalized spacial score (nSPS) is 18.5. The second-order valence-corrected chi connectivity index (χ2v) is 4.11. The molecule has 0 radical (unpaired) electrons. The Labute approximate surface area is 89.1 Å². The fourth-order valence-electron chi connectivity index (χ4n) is 1.72. The monoisotopic (exact) mass is 209 g/mol. The van der Waals surface area contributed by atoms with Gasteiger partial charge in [0.15, 0.2) is 0 Å². The molecule has 0 spiro atoms. The second-order valence-electron chi connectivity index (χ2n) is 4.11. The van der Waals surface area contributed by atoms with Crippen molar-refractivity contribution in [3.63, 3.8) is 0 Å². The first-order valence-corrected chi connectivity index (χ1v) is 5.42. The van der Waals surface area contributed by atoms with Crippen LogP contribution >= 0.6 is 0 Å². The Balaban J connectivity index is 1.86. The number of halogens is 1. The zero-order chi connectivity index (χ0) is 10.7. The summed E-state index contributed by atoms with van der Waals surface area (Å²) in [6.07, 6.45) is 3.04. The van der Waals surface area contributed by atoms with Gasteiger partial charge >= 0.3 is 0 Å². The number of aliphatic hydroxyl groups excluding tert-OH is 1. The van der Waals surface area contributed by atoms with Crippen LogP contribution in [0.3, 0.4) is 0 Å². The standard InChI is InChI=1S/C12H16FNO/c13-10-4-1-3-9(7-10)12(15)8-14-11-5-2-6-11/h1,3-4,7,11-12,14-15H,2,5-6,8H2. The van der Waals surface area contributed by atoms with Crippen LogP contribution in [-0.2, 0) is 0 Å². The quantitative estimate of drug-likeness (QED) is 0.795. The van der Waals surface area contributed by atoms with Crippen LogP contribution in [0.2, 0.25) is 0 Å². The molecule has 15 heavy (non-hydrogen) atoms. The third kappa shape index (κ3) is 2.76. The maximum atomic E-state index is 12.9. The fourth-order valence-corrected chi connectivity index (χ4v) is 1.72. The maximum Gasteiger partial charge on any atom is 0.123 e. The molecule has 2 rings (SSSR count). The number of aliphatic hydroxyl groups is 1. The van der Waals surface area contributed by atoms with Gasteiger partial charge in [0, 0.05) is 12.6 Å². The molecule has 3 heteroatoms. The molecule has 1 unspecified atom stereocenters. The SMILES string of the molecule is OC(CNC1CCC1)c1cccc(F)c1. The molecule has 1 aliphatic rings. The van der Waals surface area contributed by atoms with E-state index in [4.69, 9.17) is 0 Å². The summed E-state index contributed by atoms with van der Waals surface area (Å²) in [4.78, 5) is 0. The molecular weight excluding hydrogens is 193 g/mol. The van der Waals surface area contributed by atoms with E-state index in [2.05, 4.69) is 5.32 Å². The van der Waals surface area contributed by atoms with E-state index < -0.39 is 6.10 Å². The lowest BCUT2D eigenvalue weighted by atomic mass is 9.93. The molecule has 2 nitrogen and oxygen atoms in total. The van der Waals surface area contributed by atoms with E-state index >= 15 is 0 Å². The lowest BCUT2D eigenvalue weighted by Crippen LogP contribution is -2.37. The van der Waals surface area contributed by atoms with E-state index in [1.807, 2.05) is 0 Å². The van der Waals surface area contributed by atoms with Gasteiger partial charge in [-0.2, -0.15) is 0 Å². The van der Waals surface area contributed by atoms with Gasteiger partial charge in [0.25, 0.3) is 0 Å². The highest BCUT2D eigenvalue weighted by Gasteiger charge is 2.18. The first-order chi connectivity index (χ1) is 7.25. The molecule has 2 N–H and O–H groups in total. The summed E-state index contributed by atoms with van der Waals surface area (Å²) in [5.74, 6) is -0.296. The molecule has 1 fully saturated rings. The van der Waals surface area contributed by atoms with Crippen molar-refractivity contribution >= 4 is 0 Å². The minimum atomic E-state index is -0.610. The van der Waals surface area contributed by atoms with Gasteiger partial charge < -0.3 is 10.4 Å². The van der Waals surface area contributed by atoms with Gasteiger partial charge in [0.2, 0.25) is 0 Å². The van der Waals surface area contributed by atoms with E-state index in [0.717, 1.165) is 0 Å². The predicted molar refractivity (Wildman–Crippen MR) is 57.0 cm³/mol. The Morgan fingerprint density at radius 1 is 1.47 bits per heavy atom. The van der Waals surface area contributed by atoms with Gasteiger partial charge in [0.1, 0.15) is 5.82 Å². The summed E-state index contributed by atoms with van der Waals surface area (Å²) in [5.41, 5.74) is 0.641. The molecule has 82 valence electrons. The molecule has 1 aromatic carbocycles. The number of nitrogens with one attached hydrogen (secondary N) is 1. The molecule has 0 aromatic heterocycles. The van der Waals surface area contributed by atoms with Crippen LogP contribution in [0.25, 0.3) is 0 Å². The van der Waals surface area contributed by atoms with E-state index in [1.165, 1.54) is 31.4 Å². The molecule has 1 saturated carbocycles. The van der Waals surface area contributed by atoms with Gasteiger partial charge in [-0.15, -0.1) is 0 Å². The average Bonchev–Trinajstić information content (AvgIpc) is 2.15. The van der Waals surface area contributed by atoms with Crippen molar-refractivity contribution in [2.45, 2.75) is 31.4 Å². The summed E-state index contributed by atoms with van der Waals surface area (Å²) in [6, 6.07) is 6.68. The van der Waals surface area contributed by atoms with Crippen molar-refractivity contribution in [1.82, 2.24) is 5.32 Å². The minimum Gasteiger partial charge on any atom is -0.387 e. The summed E-state index contributed by atoms with van der Waals surface area (Å²) >= 11 is 0. The Morgan fingerprint density at radius 3 is 2.87 bits per heavy atom. The lowest BCUT2D eigenvalue weighted by molar-refractivity contribution is 0.161. The Morgan fingerprint density at radius 2 is 2.27 bits per heavy atom. The Bertz CT molecular complexity index is 325. The van der Waals surface area contributed by atoms with Crippen LogP contribution in [0, 0.1) is 5.82 Å². The average molecular weight is 209 g/mol. The Kier molecular flexibility index (Phi) is 3.34. The number of hydrogen-bond acceptors (Lipinski definition) is 2. The van der Waals surface area contributed by atoms with Crippen molar-refractivity contribution < 1.29 is 9.50 Å². The Hall–Kier alpha value is -0.930. The van der Waals surface area contributed by atoms with E-state index in [-0.39, 0.29) is 5.82 Å². The van der Waals surface area contributed by atoms with Crippen molar-refractivity contribution in [3.8, 4) is 0 Å². The topological polar surface area (TPSA) is 32.3 Å². The zero-order valence-corrected chi connectivity index (χ0v) is 8.62. The largest absolute Gasteiger partial charge is 0.387 e. The molecule has 1 atom stereocenters. The first-order valence-electron chi connectivity index (χ1n) is 5.42. The number of hydrogen-bond donors (Lipinski definition) is 2. The summed E-state index contributed by atoms with van der Waals surface area (Å²) < 4.78 is 12.9. The molecule has 0 heterocycles. The molecule has 0 amide bonds. The van der Waals surface area contributed by atoms with Crippen LogP contribution in [-0.4, -0.2) is 17.7 Å². The minimum absolute atomic E-state index is 0.296. The third-order valence-electron chi connectivity index (χ3n) is 2.94. The van der Waals surface area contributed by atoms with Gasteiger partial charge in [-0.05, 0) is 30.5 Å². The van der Waals surface area contributed by atoms with Gasteiger partial charge in [-0.1, -0.05) is 18.6 Å². The molecule has 0 aliphatic heterocycles. The van der Waals surface area contributed by atoms with E-state index in [1.54, 1.807) is 12.1 Å². The lowest BCUT2D eigenvalue weighted by Gasteiger charge is -2.27. The smallest absolute Gasteiger partial charge is 0.123 e. The van der Waals surface area contributed by atoms with Crippen LogP contribution in [0.1, 0.15) is 30.9 Å². The highest BCUT2D eigenvalue weighted by molar-refractivity contribution is 5.19. The van der Waals surface area contributed by atoms with Crippen LogP contribution in [0.5, 0.6) is 0 Å². The van der Waals surface area contributed by atoms with Crippen molar-refractivity contribution in [1.29, 1.82) is 0 Å². The van der Waals surface area contributed by atoms with Crippen LogP contribution in [0.15, 0.2) is 24.3 Å². The summed E-state index contributed by atoms with van der Waals surface area (Å²) in [5, 5.41) is 13.0. The zero-order valence-electron chi connectivity index (χ0n) is 8.62. The van der Waals surface area contributed by atoms with Gasteiger partial charge in [-0.25, -0.2) is 4.39 Å². The second kappa shape index (κ2) is 4.73. The van der Waals surface area contributed by atoms with Crippen molar-refractivity contribution in [2.24, 2.45) is 0 Å². The number of rotatable bonds is 4. The highest BCUT2D eigenvalue weighted by atomic mass is 19.1. The fraction of sp³-hybridized carbons (Fsp3) is 0.500. The molecule has 1 aliphatic carbocycles. The predicted octanol–water partition coefficient (Wildman–Crippen LogP) is 2.00. The van der Waals surface area contributed by atoms with Gasteiger partial charge in [0.05, 0.1) is 6.10 Å². The highest BCUT2D eigenvalue weighted by Crippen LogP contribution is 2.19. The van der Waals surface area contributed by atoms with E-state index in [9.17, 15) is 9.50 Å². The third-order valence-corrected chi connectivity index (χ3v) is 2.94. The van der Waals surface area contributed by atoms with Gasteiger partial charge in [-0.3, -0.25) is 0 Å². The molecule has 0 bridgehead atoms. The summed E-state index contributed by atoms with van der Waals surface area (Å²) in [6.45, 7) is 0.508. The first kappa shape index (κ1) is 10.6. The van der Waals surface area contributed by atoms with Crippen molar-refractivity contribution in [2.75, 3.05) is 6.54 Å². The molecular formula is C12H16FNO. The van der Waals surface area contributed by atoms with Crippen LogP contribution in [0.4, 0.5) is 4.39 Å². The maximum absolute atomic E-state index is 12.9.